The van der Waals surface area contributed by atoms with Crippen LogP contribution < -0.4 is 5.32 Å². The van der Waals surface area contributed by atoms with Crippen LogP contribution in [0.5, 0.6) is 0 Å². The molecule has 0 unspecified atom stereocenters. The maximum absolute atomic E-state index is 3.62. The minimum Gasteiger partial charge on any atom is -0.310 e. The quantitative estimate of drug-likeness (QED) is 0.688. The van der Waals surface area contributed by atoms with Crippen LogP contribution in [-0.4, -0.2) is 36.1 Å². The first-order valence-electron chi connectivity index (χ1n) is 6.06. The summed E-state index contributed by atoms with van der Waals surface area (Å²) in [6.07, 6.45) is 4.17. The van der Waals surface area contributed by atoms with Crippen molar-refractivity contribution in [2.75, 3.05) is 19.6 Å². The van der Waals surface area contributed by atoms with Gasteiger partial charge in [-0.1, -0.05) is 6.92 Å². The van der Waals surface area contributed by atoms with Gasteiger partial charge in [-0.05, 0) is 52.1 Å². The Morgan fingerprint density at radius 1 is 1.29 bits per heavy atom. The topological polar surface area (TPSA) is 15.3 Å². The molecule has 2 fully saturated rings. The van der Waals surface area contributed by atoms with E-state index in [9.17, 15) is 0 Å². The Morgan fingerprint density at radius 2 is 2.00 bits per heavy atom. The number of hydrogen-bond donors (Lipinski definition) is 1. The molecule has 2 nitrogen and oxygen atoms in total. The molecule has 1 saturated heterocycles. The van der Waals surface area contributed by atoms with Gasteiger partial charge in [0.05, 0.1) is 0 Å². The summed E-state index contributed by atoms with van der Waals surface area (Å²) in [6, 6.07) is 0.893. The third-order valence-corrected chi connectivity index (χ3v) is 3.69. The maximum atomic E-state index is 3.62. The highest BCUT2D eigenvalue weighted by atomic mass is 15.2. The summed E-state index contributed by atoms with van der Waals surface area (Å²) < 4.78 is 0. The van der Waals surface area contributed by atoms with Crippen LogP contribution in [0.15, 0.2) is 0 Å². The Labute approximate surface area is 88.1 Å². The van der Waals surface area contributed by atoms with Crippen LogP contribution in [0, 0.1) is 5.92 Å². The van der Waals surface area contributed by atoms with Gasteiger partial charge in [-0.3, -0.25) is 4.90 Å². The molecule has 0 amide bonds. The van der Waals surface area contributed by atoms with Gasteiger partial charge < -0.3 is 5.32 Å². The lowest BCUT2D eigenvalue weighted by atomic mass is 9.80. The zero-order valence-electron chi connectivity index (χ0n) is 9.84. The smallest absolute Gasteiger partial charge is 0.0252 e. The standard InChI is InChI=1S/C12H24N2/c1-10-7-11(8-10)14-6-4-5-13-12(2,3)9-14/h10-11,13H,4-9H2,1-3H3. The third kappa shape index (κ3) is 2.29. The van der Waals surface area contributed by atoms with E-state index in [0.717, 1.165) is 12.0 Å². The second-order valence-corrected chi connectivity index (χ2v) is 5.87. The number of nitrogens with zero attached hydrogens (tertiary/aromatic N) is 1. The first kappa shape index (κ1) is 10.4. The highest BCUT2D eigenvalue weighted by Crippen LogP contribution is 2.32. The van der Waals surface area contributed by atoms with Crippen LogP contribution in [0.1, 0.15) is 40.0 Å². The lowest BCUT2D eigenvalue weighted by Gasteiger charge is -2.43. The van der Waals surface area contributed by atoms with Gasteiger partial charge in [0.2, 0.25) is 0 Å². The second-order valence-electron chi connectivity index (χ2n) is 5.87. The molecule has 0 aromatic rings. The van der Waals surface area contributed by atoms with Gasteiger partial charge in [0, 0.05) is 18.1 Å². The predicted molar refractivity (Wildman–Crippen MR) is 60.5 cm³/mol. The van der Waals surface area contributed by atoms with E-state index in [1.165, 1.54) is 38.9 Å². The highest BCUT2D eigenvalue weighted by Gasteiger charge is 2.34. The van der Waals surface area contributed by atoms with Crippen LogP contribution in [0.3, 0.4) is 0 Å². The molecule has 0 radical (unpaired) electrons. The van der Waals surface area contributed by atoms with Gasteiger partial charge in [0.15, 0.2) is 0 Å². The van der Waals surface area contributed by atoms with E-state index < -0.39 is 0 Å². The molecular formula is C12H24N2. The maximum Gasteiger partial charge on any atom is 0.0252 e. The Kier molecular flexibility index (Phi) is 2.85. The molecule has 0 spiro atoms. The second kappa shape index (κ2) is 3.82. The van der Waals surface area contributed by atoms with Crippen molar-refractivity contribution in [3.63, 3.8) is 0 Å². The molecule has 14 heavy (non-hydrogen) atoms. The Hall–Kier alpha value is -0.0800. The van der Waals surface area contributed by atoms with Crippen molar-refractivity contribution in [1.82, 2.24) is 10.2 Å². The predicted octanol–water partition coefficient (Wildman–Crippen LogP) is 1.86. The van der Waals surface area contributed by atoms with E-state index in [-0.39, 0.29) is 0 Å². The first-order chi connectivity index (χ1) is 6.57. The molecule has 0 atom stereocenters. The van der Waals surface area contributed by atoms with E-state index in [0.29, 0.717) is 5.54 Å². The van der Waals surface area contributed by atoms with Gasteiger partial charge in [0.25, 0.3) is 0 Å². The minimum absolute atomic E-state index is 0.315. The van der Waals surface area contributed by atoms with Crippen LogP contribution >= 0.6 is 0 Å². The molecular weight excluding hydrogens is 172 g/mol. The SMILES string of the molecule is CC1CC(N2CCCNC(C)(C)C2)C1. The van der Waals surface area contributed by atoms with Gasteiger partial charge in [0.1, 0.15) is 0 Å². The third-order valence-electron chi connectivity index (χ3n) is 3.69. The van der Waals surface area contributed by atoms with Crippen LogP contribution in [0.25, 0.3) is 0 Å². The Morgan fingerprint density at radius 3 is 2.64 bits per heavy atom. The summed E-state index contributed by atoms with van der Waals surface area (Å²) >= 11 is 0. The summed E-state index contributed by atoms with van der Waals surface area (Å²) in [7, 11) is 0. The van der Waals surface area contributed by atoms with Crippen molar-refractivity contribution in [3.05, 3.63) is 0 Å². The molecule has 2 heteroatoms. The van der Waals surface area contributed by atoms with E-state index >= 15 is 0 Å². The fourth-order valence-electron chi connectivity index (χ4n) is 2.82. The molecule has 1 aliphatic carbocycles. The molecule has 1 heterocycles. The van der Waals surface area contributed by atoms with E-state index in [1.807, 2.05) is 0 Å². The number of nitrogens with one attached hydrogen (secondary N) is 1. The highest BCUT2D eigenvalue weighted by molar-refractivity contribution is 4.92. The first-order valence-corrected chi connectivity index (χ1v) is 6.06. The molecule has 1 saturated carbocycles. The van der Waals surface area contributed by atoms with Crippen molar-refractivity contribution >= 4 is 0 Å². The normalized spacial score (nSPS) is 38.8. The number of rotatable bonds is 1. The van der Waals surface area contributed by atoms with Crippen LogP contribution in [-0.2, 0) is 0 Å². The zero-order chi connectivity index (χ0) is 10.2. The van der Waals surface area contributed by atoms with Crippen LogP contribution in [0.4, 0.5) is 0 Å². The number of hydrogen-bond acceptors (Lipinski definition) is 2. The molecule has 2 aliphatic rings. The average molecular weight is 196 g/mol. The minimum atomic E-state index is 0.315. The summed E-state index contributed by atoms with van der Waals surface area (Å²) in [5, 5.41) is 3.62. The van der Waals surface area contributed by atoms with Crippen molar-refractivity contribution in [1.29, 1.82) is 0 Å². The van der Waals surface area contributed by atoms with E-state index in [4.69, 9.17) is 0 Å². The van der Waals surface area contributed by atoms with Gasteiger partial charge in [-0.2, -0.15) is 0 Å². The summed E-state index contributed by atoms with van der Waals surface area (Å²) in [6.45, 7) is 10.7. The van der Waals surface area contributed by atoms with Crippen molar-refractivity contribution in [3.8, 4) is 0 Å². The summed E-state index contributed by atoms with van der Waals surface area (Å²) in [5.74, 6) is 0.972. The van der Waals surface area contributed by atoms with E-state index in [1.54, 1.807) is 0 Å². The van der Waals surface area contributed by atoms with Crippen molar-refractivity contribution in [2.24, 2.45) is 5.92 Å². The van der Waals surface area contributed by atoms with Gasteiger partial charge >= 0.3 is 0 Å². The molecule has 0 aromatic carbocycles. The van der Waals surface area contributed by atoms with Gasteiger partial charge in [-0.15, -0.1) is 0 Å². The monoisotopic (exact) mass is 196 g/mol. The lowest BCUT2D eigenvalue weighted by Crippen LogP contribution is -2.52. The lowest BCUT2D eigenvalue weighted by molar-refractivity contribution is 0.0743. The molecule has 82 valence electrons. The molecule has 1 aliphatic heterocycles. The molecule has 1 N–H and O–H groups in total. The Bertz CT molecular complexity index is 194. The summed E-state index contributed by atoms with van der Waals surface area (Å²) in [5.41, 5.74) is 0.315. The summed E-state index contributed by atoms with van der Waals surface area (Å²) in [4.78, 5) is 2.71. The fourth-order valence-corrected chi connectivity index (χ4v) is 2.82. The van der Waals surface area contributed by atoms with E-state index in [2.05, 4.69) is 31.0 Å². The fraction of sp³-hybridized carbons (Fsp3) is 1.00. The van der Waals surface area contributed by atoms with Crippen molar-refractivity contribution in [2.45, 2.75) is 51.6 Å². The van der Waals surface area contributed by atoms with Gasteiger partial charge in [-0.25, -0.2) is 0 Å². The Balaban J connectivity index is 1.91. The largest absolute Gasteiger partial charge is 0.310 e. The molecule has 2 rings (SSSR count). The van der Waals surface area contributed by atoms with Crippen molar-refractivity contribution < 1.29 is 0 Å². The van der Waals surface area contributed by atoms with Crippen LogP contribution in [0.2, 0.25) is 0 Å². The molecule has 0 bridgehead atoms. The zero-order valence-corrected chi connectivity index (χ0v) is 9.84. The average Bonchev–Trinajstić information content (AvgIpc) is 2.20. The molecule has 0 aromatic heterocycles.